The minimum atomic E-state index is 0.138. The largest absolute Gasteiger partial charge is 0.357 e. The zero-order valence-corrected chi connectivity index (χ0v) is 14.2. The Kier molecular flexibility index (Phi) is 7.54. The molecule has 21 heavy (non-hydrogen) atoms. The molecule has 1 aliphatic rings. The molecule has 0 radical (unpaired) electrons. The third-order valence-electron chi connectivity index (χ3n) is 4.46. The zero-order valence-electron chi connectivity index (χ0n) is 14.2. The van der Waals surface area contributed by atoms with Crippen LogP contribution in [0.15, 0.2) is 4.99 Å². The fourth-order valence-electron chi connectivity index (χ4n) is 2.85. The van der Waals surface area contributed by atoms with Gasteiger partial charge in [-0.05, 0) is 31.6 Å². The molecule has 0 atom stereocenters. The molecule has 2 N–H and O–H groups in total. The number of amides is 1. The second-order valence-corrected chi connectivity index (χ2v) is 6.22. The standard InChI is InChI=1S/C16H32N4O/c1-5-16(10-7-8-11-16)13-19-15(17-6-2)18-12-9-14(21)20(3)4/h5-13H2,1-4H3,(H2,17,18,19). The molecule has 0 spiro atoms. The molecular formula is C16H32N4O. The maximum atomic E-state index is 11.6. The Balaban J connectivity index is 2.47. The second kappa shape index (κ2) is 8.90. The van der Waals surface area contributed by atoms with Crippen LogP contribution >= 0.6 is 0 Å². The van der Waals surface area contributed by atoms with Gasteiger partial charge in [-0.15, -0.1) is 0 Å². The fraction of sp³-hybridized carbons (Fsp3) is 0.875. The van der Waals surface area contributed by atoms with Gasteiger partial charge in [-0.25, -0.2) is 0 Å². The van der Waals surface area contributed by atoms with E-state index in [9.17, 15) is 4.79 Å². The molecule has 122 valence electrons. The van der Waals surface area contributed by atoms with E-state index >= 15 is 0 Å². The third-order valence-corrected chi connectivity index (χ3v) is 4.46. The van der Waals surface area contributed by atoms with Gasteiger partial charge < -0.3 is 15.5 Å². The quantitative estimate of drug-likeness (QED) is 0.558. The molecule has 5 heteroatoms. The highest BCUT2D eigenvalue weighted by Crippen LogP contribution is 2.41. The number of rotatable bonds is 7. The van der Waals surface area contributed by atoms with Crippen molar-refractivity contribution < 1.29 is 4.79 Å². The van der Waals surface area contributed by atoms with Crippen molar-refractivity contribution in [2.45, 2.75) is 52.4 Å². The molecule has 0 aromatic rings. The Bertz CT molecular complexity index is 346. The number of carbonyl (C=O) groups is 1. The molecule has 1 rings (SSSR count). The fourth-order valence-corrected chi connectivity index (χ4v) is 2.85. The van der Waals surface area contributed by atoms with Crippen molar-refractivity contribution >= 4 is 11.9 Å². The first-order valence-corrected chi connectivity index (χ1v) is 8.25. The van der Waals surface area contributed by atoms with Crippen LogP contribution in [0.5, 0.6) is 0 Å². The third kappa shape index (κ3) is 5.94. The van der Waals surface area contributed by atoms with E-state index in [1.54, 1.807) is 19.0 Å². The van der Waals surface area contributed by atoms with E-state index in [0.717, 1.165) is 19.0 Å². The molecule has 0 saturated heterocycles. The first-order valence-electron chi connectivity index (χ1n) is 8.25. The summed E-state index contributed by atoms with van der Waals surface area (Å²) in [4.78, 5) is 17.9. The smallest absolute Gasteiger partial charge is 0.223 e. The number of aliphatic imine (C=N–C) groups is 1. The van der Waals surface area contributed by atoms with Crippen LogP contribution < -0.4 is 10.6 Å². The van der Waals surface area contributed by atoms with Crippen molar-refractivity contribution in [3.63, 3.8) is 0 Å². The predicted molar refractivity (Wildman–Crippen MR) is 88.5 cm³/mol. The molecule has 0 aromatic carbocycles. The highest BCUT2D eigenvalue weighted by Gasteiger charge is 2.31. The molecule has 1 saturated carbocycles. The van der Waals surface area contributed by atoms with E-state index in [1.165, 1.54) is 32.1 Å². The molecule has 0 aromatic heterocycles. The Labute approximate surface area is 129 Å². The number of nitrogens with one attached hydrogen (secondary N) is 2. The molecule has 0 bridgehead atoms. The van der Waals surface area contributed by atoms with Gasteiger partial charge in [-0.1, -0.05) is 19.8 Å². The predicted octanol–water partition coefficient (Wildman–Crippen LogP) is 1.99. The van der Waals surface area contributed by atoms with Crippen LogP contribution in [0.25, 0.3) is 0 Å². The van der Waals surface area contributed by atoms with Crippen molar-refractivity contribution in [1.29, 1.82) is 0 Å². The van der Waals surface area contributed by atoms with E-state index in [4.69, 9.17) is 4.99 Å². The Morgan fingerprint density at radius 1 is 1.19 bits per heavy atom. The summed E-state index contributed by atoms with van der Waals surface area (Å²) in [5, 5.41) is 6.53. The lowest BCUT2D eigenvalue weighted by Gasteiger charge is -2.25. The van der Waals surface area contributed by atoms with Crippen LogP contribution in [0.1, 0.15) is 52.4 Å². The molecule has 1 amide bonds. The topological polar surface area (TPSA) is 56.7 Å². The molecule has 0 unspecified atom stereocenters. The highest BCUT2D eigenvalue weighted by molar-refractivity contribution is 5.81. The van der Waals surface area contributed by atoms with Crippen molar-refractivity contribution in [2.75, 3.05) is 33.7 Å². The summed E-state index contributed by atoms with van der Waals surface area (Å²) in [6.45, 7) is 6.69. The average molecular weight is 296 g/mol. The lowest BCUT2D eigenvalue weighted by molar-refractivity contribution is -0.128. The van der Waals surface area contributed by atoms with E-state index < -0.39 is 0 Å². The van der Waals surface area contributed by atoms with Gasteiger partial charge in [0.05, 0.1) is 0 Å². The van der Waals surface area contributed by atoms with E-state index in [-0.39, 0.29) is 5.91 Å². The molecule has 0 aliphatic heterocycles. The van der Waals surface area contributed by atoms with Gasteiger partial charge in [-0.3, -0.25) is 9.79 Å². The highest BCUT2D eigenvalue weighted by atomic mass is 16.2. The average Bonchev–Trinajstić information content (AvgIpc) is 2.94. The number of carbonyl (C=O) groups excluding carboxylic acids is 1. The summed E-state index contributed by atoms with van der Waals surface area (Å²) < 4.78 is 0. The number of hydrogen-bond donors (Lipinski definition) is 2. The Morgan fingerprint density at radius 3 is 2.38 bits per heavy atom. The second-order valence-electron chi connectivity index (χ2n) is 6.22. The minimum Gasteiger partial charge on any atom is -0.357 e. The van der Waals surface area contributed by atoms with Crippen molar-refractivity contribution in [1.82, 2.24) is 15.5 Å². The van der Waals surface area contributed by atoms with Gasteiger partial charge in [0.2, 0.25) is 5.91 Å². The van der Waals surface area contributed by atoms with Crippen molar-refractivity contribution in [3.8, 4) is 0 Å². The summed E-state index contributed by atoms with van der Waals surface area (Å²) in [7, 11) is 3.57. The first kappa shape index (κ1) is 17.8. The number of guanidine groups is 1. The first-order chi connectivity index (χ1) is 10.0. The van der Waals surface area contributed by atoms with Gasteiger partial charge in [0.25, 0.3) is 0 Å². The molecule has 1 aliphatic carbocycles. The maximum absolute atomic E-state index is 11.6. The molecule has 0 heterocycles. The van der Waals surface area contributed by atoms with Gasteiger partial charge in [-0.2, -0.15) is 0 Å². The Hall–Kier alpha value is -1.26. The van der Waals surface area contributed by atoms with E-state index in [1.807, 2.05) is 0 Å². The van der Waals surface area contributed by atoms with Crippen LogP contribution in [-0.4, -0.2) is 50.5 Å². The normalized spacial score (nSPS) is 17.6. The van der Waals surface area contributed by atoms with Crippen LogP contribution in [0.3, 0.4) is 0 Å². The zero-order chi connectivity index (χ0) is 15.7. The molecule has 5 nitrogen and oxygen atoms in total. The summed E-state index contributed by atoms with van der Waals surface area (Å²) in [6.07, 6.45) is 6.97. The van der Waals surface area contributed by atoms with Crippen molar-refractivity contribution in [3.05, 3.63) is 0 Å². The lowest BCUT2D eigenvalue weighted by atomic mass is 9.84. The number of hydrogen-bond acceptors (Lipinski definition) is 2. The van der Waals surface area contributed by atoms with Crippen LogP contribution in [-0.2, 0) is 4.79 Å². The van der Waals surface area contributed by atoms with Gasteiger partial charge in [0.15, 0.2) is 5.96 Å². The number of nitrogens with zero attached hydrogens (tertiary/aromatic N) is 2. The lowest BCUT2D eigenvalue weighted by Crippen LogP contribution is -2.40. The monoisotopic (exact) mass is 296 g/mol. The van der Waals surface area contributed by atoms with Gasteiger partial charge >= 0.3 is 0 Å². The molecule has 1 fully saturated rings. The summed E-state index contributed by atoms with van der Waals surface area (Å²) in [6, 6.07) is 0. The SMILES string of the molecule is CCNC(=NCC1(CC)CCCC1)NCCC(=O)N(C)C. The maximum Gasteiger partial charge on any atom is 0.223 e. The Morgan fingerprint density at radius 2 is 1.86 bits per heavy atom. The van der Waals surface area contributed by atoms with E-state index in [2.05, 4.69) is 24.5 Å². The van der Waals surface area contributed by atoms with Crippen LogP contribution in [0.2, 0.25) is 0 Å². The summed E-state index contributed by atoms with van der Waals surface area (Å²) in [5.41, 5.74) is 0.405. The van der Waals surface area contributed by atoms with Gasteiger partial charge in [0.1, 0.15) is 0 Å². The molecular weight excluding hydrogens is 264 g/mol. The summed E-state index contributed by atoms with van der Waals surface area (Å²) >= 11 is 0. The van der Waals surface area contributed by atoms with Crippen LogP contribution in [0.4, 0.5) is 0 Å². The summed E-state index contributed by atoms with van der Waals surface area (Å²) in [5.74, 6) is 0.975. The van der Waals surface area contributed by atoms with Crippen molar-refractivity contribution in [2.24, 2.45) is 10.4 Å². The minimum absolute atomic E-state index is 0.138. The van der Waals surface area contributed by atoms with E-state index in [0.29, 0.717) is 18.4 Å². The van der Waals surface area contributed by atoms with Crippen LogP contribution in [0, 0.1) is 5.41 Å². The van der Waals surface area contributed by atoms with Gasteiger partial charge in [0, 0.05) is 40.2 Å².